The number of benzene rings is 2. The summed E-state index contributed by atoms with van der Waals surface area (Å²) in [6.07, 6.45) is 0. The lowest BCUT2D eigenvalue weighted by atomic mass is 10.0. The number of aromatic carboxylic acids is 1. The maximum Gasteiger partial charge on any atom is 0.335 e. The summed E-state index contributed by atoms with van der Waals surface area (Å²) in [5, 5.41) is 11.7. The largest absolute Gasteiger partial charge is 0.478 e. The number of hydrogen-bond donors (Lipinski definition) is 1. The van der Waals surface area contributed by atoms with Gasteiger partial charge in [0.25, 0.3) is 0 Å². The van der Waals surface area contributed by atoms with Gasteiger partial charge in [0, 0.05) is 28.9 Å². The van der Waals surface area contributed by atoms with Gasteiger partial charge in [-0.3, -0.25) is 0 Å². The highest BCUT2D eigenvalue weighted by molar-refractivity contribution is 6.11. The Morgan fingerprint density at radius 1 is 1.17 bits per heavy atom. The monoisotopic (exact) mass is 310 g/mol. The number of carbonyl (C=O) groups is 1. The van der Waals surface area contributed by atoms with E-state index in [0.717, 1.165) is 23.0 Å². The molecule has 120 valence electrons. The van der Waals surface area contributed by atoms with E-state index in [0.29, 0.717) is 5.56 Å². The molecular weight excluding hydrogens is 288 g/mol. The molecule has 1 N–H and O–H groups in total. The number of rotatable bonds is 4. The third-order valence-electron chi connectivity index (χ3n) is 4.16. The van der Waals surface area contributed by atoms with E-state index in [1.807, 2.05) is 6.07 Å². The molecule has 0 aliphatic rings. The van der Waals surface area contributed by atoms with Crippen molar-refractivity contribution in [3.63, 3.8) is 0 Å². The normalized spacial score (nSPS) is 11.9. The number of hydrogen-bond acceptors (Lipinski definition) is 2. The van der Waals surface area contributed by atoms with Crippen molar-refractivity contribution >= 4 is 27.8 Å². The SMILES string of the molecule is CC(C)n1c2cc(C(=O)O)ccc2c2c(CN(C)C)cccc21. The Bertz CT molecular complexity index is 891. The maximum atomic E-state index is 11.3. The summed E-state index contributed by atoms with van der Waals surface area (Å²) in [5.74, 6) is -0.888. The van der Waals surface area contributed by atoms with E-state index >= 15 is 0 Å². The zero-order valence-corrected chi connectivity index (χ0v) is 14.0. The summed E-state index contributed by atoms with van der Waals surface area (Å²) in [5.41, 5.74) is 3.74. The van der Waals surface area contributed by atoms with Gasteiger partial charge in [-0.2, -0.15) is 0 Å². The molecule has 23 heavy (non-hydrogen) atoms. The van der Waals surface area contributed by atoms with Gasteiger partial charge in [-0.15, -0.1) is 0 Å². The van der Waals surface area contributed by atoms with Gasteiger partial charge in [0.15, 0.2) is 0 Å². The minimum atomic E-state index is -0.888. The Labute approximate surface area is 135 Å². The topological polar surface area (TPSA) is 45.5 Å². The molecule has 3 rings (SSSR count). The highest BCUT2D eigenvalue weighted by Gasteiger charge is 2.17. The van der Waals surface area contributed by atoms with Crippen LogP contribution in [-0.2, 0) is 6.54 Å². The van der Waals surface area contributed by atoms with Crippen molar-refractivity contribution in [2.24, 2.45) is 0 Å². The van der Waals surface area contributed by atoms with Crippen LogP contribution in [0.15, 0.2) is 36.4 Å². The summed E-state index contributed by atoms with van der Waals surface area (Å²) < 4.78 is 2.23. The molecule has 1 aromatic heterocycles. The Morgan fingerprint density at radius 3 is 2.52 bits per heavy atom. The van der Waals surface area contributed by atoms with Crippen LogP contribution >= 0.6 is 0 Å². The minimum absolute atomic E-state index is 0.258. The molecule has 0 saturated carbocycles. The first-order valence-electron chi connectivity index (χ1n) is 7.83. The van der Waals surface area contributed by atoms with Crippen molar-refractivity contribution in [3.8, 4) is 0 Å². The number of fused-ring (bicyclic) bond motifs is 3. The van der Waals surface area contributed by atoms with Crippen molar-refractivity contribution in [3.05, 3.63) is 47.5 Å². The second-order valence-electron chi connectivity index (χ2n) is 6.55. The lowest BCUT2D eigenvalue weighted by molar-refractivity contribution is 0.0697. The van der Waals surface area contributed by atoms with Crippen molar-refractivity contribution in [1.29, 1.82) is 0 Å². The molecule has 0 saturated heterocycles. The summed E-state index contributed by atoms with van der Waals surface area (Å²) in [6, 6.07) is 12.0. The van der Waals surface area contributed by atoms with Gasteiger partial charge in [0.05, 0.1) is 11.1 Å². The molecule has 0 bridgehead atoms. The fourth-order valence-electron chi connectivity index (χ4n) is 3.33. The second-order valence-corrected chi connectivity index (χ2v) is 6.55. The lowest BCUT2D eigenvalue weighted by Gasteiger charge is -2.13. The van der Waals surface area contributed by atoms with Crippen LogP contribution in [0.2, 0.25) is 0 Å². The number of nitrogens with zero attached hydrogens (tertiary/aromatic N) is 2. The lowest BCUT2D eigenvalue weighted by Crippen LogP contribution is -2.10. The van der Waals surface area contributed by atoms with Crippen LogP contribution in [0.3, 0.4) is 0 Å². The standard InChI is InChI=1S/C19H22N2O2/c1-12(2)21-16-7-5-6-14(11-20(3)4)18(16)15-9-8-13(19(22)23)10-17(15)21/h5-10,12H,11H2,1-4H3,(H,22,23). The fraction of sp³-hybridized carbons (Fsp3) is 0.316. The Balaban J connectivity index is 2.43. The van der Waals surface area contributed by atoms with Gasteiger partial charge >= 0.3 is 5.97 Å². The molecule has 0 aliphatic carbocycles. The molecule has 0 atom stereocenters. The number of carboxylic acids is 1. The van der Waals surface area contributed by atoms with Crippen LogP contribution in [-0.4, -0.2) is 34.6 Å². The second kappa shape index (κ2) is 5.70. The highest BCUT2D eigenvalue weighted by atomic mass is 16.4. The van der Waals surface area contributed by atoms with Crippen molar-refractivity contribution in [2.45, 2.75) is 26.4 Å². The molecular formula is C19H22N2O2. The predicted octanol–water partition coefficient (Wildman–Crippen LogP) is 4.14. The van der Waals surface area contributed by atoms with Crippen molar-refractivity contribution in [1.82, 2.24) is 9.47 Å². The fourth-order valence-corrected chi connectivity index (χ4v) is 3.33. The van der Waals surface area contributed by atoms with Gasteiger partial charge < -0.3 is 14.6 Å². The third-order valence-corrected chi connectivity index (χ3v) is 4.16. The first-order valence-corrected chi connectivity index (χ1v) is 7.83. The number of carboxylic acid groups (broad SMARTS) is 1. The van der Waals surface area contributed by atoms with Crippen molar-refractivity contribution < 1.29 is 9.90 Å². The Hall–Kier alpha value is -2.33. The van der Waals surface area contributed by atoms with E-state index in [-0.39, 0.29) is 6.04 Å². The van der Waals surface area contributed by atoms with E-state index < -0.39 is 5.97 Å². The Morgan fingerprint density at radius 2 is 1.91 bits per heavy atom. The third kappa shape index (κ3) is 2.59. The molecule has 3 aromatic rings. The maximum absolute atomic E-state index is 11.3. The molecule has 0 amide bonds. The van der Waals surface area contributed by atoms with E-state index in [1.54, 1.807) is 12.1 Å². The van der Waals surface area contributed by atoms with Gasteiger partial charge in [0.1, 0.15) is 0 Å². The first kappa shape index (κ1) is 15.6. The quantitative estimate of drug-likeness (QED) is 0.788. The zero-order chi connectivity index (χ0) is 16.7. The Kier molecular flexibility index (Phi) is 3.86. The summed E-state index contributed by atoms with van der Waals surface area (Å²) >= 11 is 0. The first-order chi connectivity index (χ1) is 10.9. The molecule has 0 spiro atoms. The smallest absolute Gasteiger partial charge is 0.335 e. The highest BCUT2D eigenvalue weighted by Crippen LogP contribution is 2.35. The molecule has 4 nitrogen and oxygen atoms in total. The van der Waals surface area contributed by atoms with Crippen LogP contribution < -0.4 is 0 Å². The number of aromatic nitrogens is 1. The van der Waals surface area contributed by atoms with Crippen LogP contribution in [0.5, 0.6) is 0 Å². The van der Waals surface area contributed by atoms with E-state index in [9.17, 15) is 9.90 Å². The molecule has 0 unspecified atom stereocenters. The molecule has 4 heteroatoms. The average Bonchev–Trinajstić information content (AvgIpc) is 2.80. The zero-order valence-electron chi connectivity index (χ0n) is 14.0. The van der Waals surface area contributed by atoms with Crippen LogP contribution in [0.4, 0.5) is 0 Å². The van der Waals surface area contributed by atoms with Gasteiger partial charge in [-0.05, 0) is 51.7 Å². The summed E-state index contributed by atoms with van der Waals surface area (Å²) in [4.78, 5) is 13.5. The van der Waals surface area contributed by atoms with E-state index in [2.05, 4.69) is 55.6 Å². The summed E-state index contributed by atoms with van der Waals surface area (Å²) in [7, 11) is 4.12. The van der Waals surface area contributed by atoms with Crippen molar-refractivity contribution in [2.75, 3.05) is 14.1 Å². The van der Waals surface area contributed by atoms with Gasteiger partial charge in [0.2, 0.25) is 0 Å². The summed E-state index contributed by atoms with van der Waals surface area (Å²) in [6.45, 7) is 5.12. The molecule has 2 aromatic carbocycles. The molecule has 0 fully saturated rings. The molecule has 0 radical (unpaired) electrons. The van der Waals surface area contributed by atoms with Crippen LogP contribution in [0.25, 0.3) is 21.8 Å². The minimum Gasteiger partial charge on any atom is -0.478 e. The van der Waals surface area contributed by atoms with E-state index in [4.69, 9.17) is 0 Å². The van der Waals surface area contributed by atoms with E-state index in [1.165, 1.54) is 10.9 Å². The predicted molar refractivity (Wildman–Crippen MR) is 94.2 cm³/mol. The average molecular weight is 310 g/mol. The molecule has 1 heterocycles. The van der Waals surface area contributed by atoms with Crippen LogP contribution in [0.1, 0.15) is 35.8 Å². The van der Waals surface area contributed by atoms with Gasteiger partial charge in [-0.1, -0.05) is 18.2 Å². The molecule has 0 aliphatic heterocycles. The van der Waals surface area contributed by atoms with Crippen LogP contribution in [0, 0.1) is 0 Å². The van der Waals surface area contributed by atoms with Gasteiger partial charge in [-0.25, -0.2) is 4.79 Å².